The molecule has 0 saturated carbocycles. The maximum absolute atomic E-state index is 9.90. The van der Waals surface area contributed by atoms with E-state index in [0.717, 1.165) is 0 Å². The Bertz CT molecular complexity index is 134. The highest BCUT2D eigenvalue weighted by Gasteiger charge is 2.16. The van der Waals surface area contributed by atoms with E-state index >= 15 is 0 Å². The Morgan fingerprint density at radius 1 is 1.89 bits per heavy atom. The largest absolute Gasteiger partial charge is 0.377 e. The number of nitrogens with zero attached hydrogens (tertiary/aromatic N) is 1. The average molecular weight is 134 g/mol. The molecule has 0 fully saturated rings. The van der Waals surface area contributed by atoms with Crippen molar-refractivity contribution in [3.63, 3.8) is 0 Å². The predicted octanol–water partition coefficient (Wildman–Crippen LogP) is -1.89. The highest BCUT2D eigenvalue weighted by Crippen LogP contribution is 1.79. The van der Waals surface area contributed by atoms with E-state index in [0.29, 0.717) is 0 Å². The molecule has 1 amide bonds. The molecule has 1 atom stereocenters. The summed E-state index contributed by atoms with van der Waals surface area (Å²) in [6, 6.07) is 0. The van der Waals surface area contributed by atoms with E-state index in [-0.39, 0.29) is 0 Å². The molecule has 0 aliphatic rings. The van der Waals surface area contributed by atoms with Crippen molar-refractivity contribution >= 4 is 5.91 Å². The number of nitrogens with two attached hydrogens (primary N) is 1. The minimum absolute atomic E-state index is 0.810. The molecule has 1 unspecified atom stereocenters. The monoisotopic (exact) mass is 134 g/mol. The maximum atomic E-state index is 9.90. The summed E-state index contributed by atoms with van der Waals surface area (Å²) in [4.78, 5) is 18.6. The zero-order valence-corrected chi connectivity index (χ0v) is 4.48. The second kappa shape index (κ2) is 2.98. The van der Waals surface area contributed by atoms with Crippen LogP contribution in [-0.4, -0.2) is 28.6 Å². The molecule has 52 valence electrons. The SMILES string of the molecule is NC(=O)C(O)C[N+](=O)[O-]. The zero-order valence-electron chi connectivity index (χ0n) is 4.48. The predicted molar refractivity (Wildman–Crippen MR) is 27.1 cm³/mol. The molecule has 0 aliphatic carbocycles. The molecule has 9 heavy (non-hydrogen) atoms. The lowest BCUT2D eigenvalue weighted by atomic mass is 10.3. The van der Waals surface area contributed by atoms with Crippen LogP contribution in [0, 0.1) is 10.1 Å². The van der Waals surface area contributed by atoms with E-state index in [2.05, 4.69) is 5.73 Å². The molecule has 0 rings (SSSR count). The van der Waals surface area contributed by atoms with Crippen molar-refractivity contribution in [2.75, 3.05) is 6.54 Å². The van der Waals surface area contributed by atoms with Crippen LogP contribution in [-0.2, 0) is 4.79 Å². The second-order valence-electron chi connectivity index (χ2n) is 1.43. The Labute approximate surface area is 50.4 Å². The van der Waals surface area contributed by atoms with Crippen LogP contribution in [0.4, 0.5) is 0 Å². The first-order chi connectivity index (χ1) is 4.04. The number of rotatable bonds is 3. The van der Waals surface area contributed by atoms with Crippen molar-refractivity contribution in [1.29, 1.82) is 0 Å². The molecular weight excluding hydrogens is 128 g/mol. The molecule has 0 aliphatic heterocycles. The third-order valence-electron chi connectivity index (χ3n) is 0.650. The fourth-order valence-electron chi connectivity index (χ4n) is 0.231. The minimum atomic E-state index is -1.67. The van der Waals surface area contributed by atoms with Crippen LogP contribution in [0.1, 0.15) is 0 Å². The summed E-state index contributed by atoms with van der Waals surface area (Å²) >= 11 is 0. The average Bonchev–Trinajstić information content (AvgIpc) is 1.63. The molecule has 0 aromatic rings. The van der Waals surface area contributed by atoms with Crippen molar-refractivity contribution in [3.8, 4) is 0 Å². The number of hydrogen-bond acceptors (Lipinski definition) is 4. The van der Waals surface area contributed by atoms with Gasteiger partial charge in [-0.25, -0.2) is 0 Å². The van der Waals surface area contributed by atoms with Gasteiger partial charge in [-0.3, -0.25) is 14.9 Å². The van der Waals surface area contributed by atoms with Crippen LogP contribution in [0.3, 0.4) is 0 Å². The van der Waals surface area contributed by atoms with E-state index in [1.807, 2.05) is 0 Å². The molecular formula is C3H6N2O4. The van der Waals surface area contributed by atoms with Gasteiger partial charge in [0.2, 0.25) is 6.54 Å². The fraction of sp³-hybridized carbons (Fsp3) is 0.667. The first-order valence-electron chi connectivity index (χ1n) is 2.13. The van der Waals surface area contributed by atoms with Gasteiger partial charge in [0.05, 0.1) is 0 Å². The zero-order chi connectivity index (χ0) is 7.44. The molecule has 0 radical (unpaired) electrons. The molecule has 0 heterocycles. The Kier molecular flexibility index (Phi) is 2.59. The Morgan fingerprint density at radius 2 is 2.33 bits per heavy atom. The van der Waals surface area contributed by atoms with E-state index in [4.69, 9.17) is 5.11 Å². The standard InChI is InChI=1S/C3H6N2O4/c4-3(7)2(6)1-5(8)9/h2,6H,1H2,(H2,4,7). The highest BCUT2D eigenvalue weighted by molar-refractivity contribution is 5.78. The quantitative estimate of drug-likeness (QED) is 0.347. The number of hydrogen-bond donors (Lipinski definition) is 2. The Balaban J connectivity index is 3.63. The normalized spacial score (nSPS) is 12.6. The molecule has 6 heteroatoms. The van der Waals surface area contributed by atoms with Crippen molar-refractivity contribution in [2.24, 2.45) is 5.73 Å². The first-order valence-corrected chi connectivity index (χ1v) is 2.13. The van der Waals surface area contributed by atoms with Crippen molar-refractivity contribution in [3.05, 3.63) is 10.1 Å². The van der Waals surface area contributed by atoms with E-state index in [9.17, 15) is 14.9 Å². The van der Waals surface area contributed by atoms with Gasteiger partial charge >= 0.3 is 0 Å². The van der Waals surface area contributed by atoms with Gasteiger partial charge in [0, 0.05) is 4.92 Å². The number of carbonyl (C=O) groups excluding carboxylic acids is 1. The first kappa shape index (κ1) is 7.83. The van der Waals surface area contributed by atoms with Gasteiger partial charge in [-0.1, -0.05) is 0 Å². The highest BCUT2D eigenvalue weighted by atomic mass is 16.6. The lowest BCUT2D eigenvalue weighted by Gasteiger charge is -1.97. The van der Waals surface area contributed by atoms with Crippen molar-refractivity contribution in [1.82, 2.24) is 0 Å². The van der Waals surface area contributed by atoms with Crippen molar-refractivity contribution in [2.45, 2.75) is 6.10 Å². The number of amides is 1. The van der Waals surface area contributed by atoms with Crippen LogP contribution in [0.2, 0.25) is 0 Å². The summed E-state index contributed by atoms with van der Waals surface area (Å²) in [6.45, 7) is -0.824. The summed E-state index contributed by atoms with van der Waals surface area (Å²) in [5.41, 5.74) is 4.49. The molecule has 0 saturated heterocycles. The van der Waals surface area contributed by atoms with Crippen molar-refractivity contribution < 1.29 is 14.8 Å². The maximum Gasteiger partial charge on any atom is 0.253 e. The van der Waals surface area contributed by atoms with Gasteiger partial charge in [-0.05, 0) is 0 Å². The van der Waals surface area contributed by atoms with Crippen LogP contribution < -0.4 is 5.73 Å². The van der Waals surface area contributed by atoms with E-state index < -0.39 is 23.5 Å². The number of aliphatic hydroxyl groups excluding tert-OH is 1. The fourth-order valence-corrected chi connectivity index (χ4v) is 0.231. The van der Waals surface area contributed by atoms with Gasteiger partial charge in [-0.15, -0.1) is 0 Å². The molecule has 3 N–H and O–H groups in total. The van der Waals surface area contributed by atoms with Crippen LogP contribution in [0.5, 0.6) is 0 Å². The summed E-state index contributed by atoms with van der Waals surface area (Å²) < 4.78 is 0. The minimum Gasteiger partial charge on any atom is -0.377 e. The Morgan fingerprint density at radius 3 is 2.44 bits per heavy atom. The third kappa shape index (κ3) is 3.42. The summed E-state index contributed by atoms with van der Waals surface area (Å²) in [7, 11) is 0. The van der Waals surface area contributed by atoms with E-state index in [1.165, 1.54) is 0 Å². The molecule has 6 nitrogen and oxygen atoms in total. The lowest BCUT2D eigenvalue weighted by Crippen LogP contribution is -2.34. The van der Waals surface area contributed by atoms with E-state index in [1.54, 1.807) is 0 Å². The van der Waals surface area contributed by atoms with Gasteiger partial charge in [-0.2, -0.15) is 0 Å². The Hall–Kier alpha value is -1.17. The van der Waals surface area contributed by atoms with Gasteiger partial charge in [0.1, 0.15) is 0 Å². The van der Waals surface area contributed by atoms with Gasteiger partial charge < -0.3 is 10.8 Å². The molecule has 0 aromatic carbocycles. The molecule has 0 bridgehead atoms. The summed E-state index contributed by atoms with van der Waals surface area (Å²) in [5, 5.41) is 17.9. The van der Waals surface area contributed by atoms with Crippen LogP contribution in [0.25, 0.3) is 0 Å². The lowest BCUT2D eigenvalue weighted by molar-refractivity contribution is -0.487. The molecule has 0 aromatic heterocycles. The van der Waals surface area contributed by atoms with Gasteiger partial charge in [0.15, 0.2) is 6.10 Å². The smallest absolute Gasteiger partial charge is 0.253 e. The van der Waals surface area contributed by atoms with Crippen LogP contribution in [0.15, 0.2) is 0 Å². The number of carbonyl (C=O) groups is 1. The summed E-state index contributed by atoms with van der Waals surface area (Å²) in [5.74, 6) is -1.08. The summed E-state index contributed by atoms with van der Waals surface area (Å²) in [6.07, 6.45) is -1.67. The van der Waals surface area contributed by atoms with Gasteiger partial charge in [0.25, 0.3) is 5.91 Å². The second-order valence-corrected chi connectivity index (χ2v) is 1.43. The topological polar surface area (TPSA) is 106 Å². The number of aliphatic hydroxyl groups is 1. The number of primary amides is 1. The third-order valence-corrected chi connectivity index (χ3v) is 0.650. The number of nitro groups is 1. The molecule has 0 spiro atoms. The van der Waals surface area contributed by atoms with Crippen LogP contribution >= 0.6 is 0 Å².